The fraction of sp³-hybridized carbons (Fsp3) is 0.615. The summed E-state index contributed by atoms with van der Waals surface area (Å²) in [4.78, 5) is 6.82. The highest BCUT2D eigenvalue weighted by molar-refractivity contribution is 5.53. The maximum absolute atomic E-state index is 5.65. The number of rotatable bonds is 5. The van der Waals surface area contributed by atoms with Crippen LogP contribution in [0, 0.1) is 0 Å². The predicted octanol–water partition coefficient (Wildman–Crippen LogP) is 1.67. The number of likely N-dealkylation sites (N-methyl/N-ethyl adjacent to an activating group) is 1. The molecule has 1 aromatic heterocycles. The summed E-state index contributed by atoms with van der Waals surface area (Å²) in [7, 11) is 0. The van der Waals surface area contributed by atoms with Crippen LogP contribution < -0.4 is 15.0 Å². The van der Waals surface area contributed by atoms with E-state index >= 15 is 0 Å². The number of hydrogen-bond acceptors (Lipinski definition) is 4. The van der Waals surface area contributed by atoms with Crippen LogP contribution >= 0.6 is 0 Å². The Morgan fingerprint density at radius 2 is 2.41 bits per heavy atom. The first kappa shape index (κ1) is 12.2. The van der Waals surface area contributed by atoms with Gasteiger partial charge in [-0.25, -0.2) is 4.98 Å². The number of hydrogen-bond donors (Lipinski definition) is 1. The molecule has 1 unspecified atom stereocenters. The molecule has 0 aliphatic carbocycles. The van der Waals surface area contributed by atoms with Crippen molar-refractivity contribution in [3.63, 3.8) is 0 Å². The summed E-state index contributed by atoms with van der Waals surface area (Å²) in [6, 6.07) is 4.46. The first-order chi connectivity index (χ1) is 8.36. The van der Waals surface area contributed by atoms with Crippen LogP contribution in [0.25, 0.3) is 0 Å². The molecule has 1 aromatic rings. The van der Waals surface area contributed by atoms with Crippen molar-refractivity contribution in [1.29, 1.82) is 0 Å². The molecule has 0 spiro atoms. The van der Waals surface area contributed by atoms with Gasteiger partial charge in [-0.15, -0.1) is 0 Å². The molecule has 1 atom stereocenters. The minimum Gasteiger partial charge on any atom is -0.490 e. The molecule has 0 aromatic carbocycles. The summed E-state index contributed by atoms with van der Waals surface area (Å²) in [5.74, 6) is 1.87. The zero-order valence-electron chi connectivity index (χ0n) is 10.6. The molecule has 0 saturated carbocycles. The van der Waals surface area contributed by atoms with Crippen LogP contribution in [0.1, 0.15) is 20.3 Å². The van der Waals surface area contributed by atoms with Gasteiger partial charge in [0.2, 0.25) is 0 Å². The van der Waals surface area contributed by atoms with Gasteiger partial charge in [-0.2, -0.15) is 0 Å². The van der Waals surface area contributed by atoms with Gasteiger partial charge < -0.3 is 15.0 Å². The molecule has 0 bridgehead atoms. The van der Waals surface area contributed by atoms with E-state index in [1.165, 1.54) is 6.42 Å². The van der Waals surface area contributed by atoms with Crippen LogP contribution in [0.15, 0.2) is 18.3 Å². The minimum atomic E-state index is 0.536. The lowest BCUT2D eigenvalue weighted by molar-refractivity contribution is 0.338. The summed E-state index contributed by atoms with van der Waals surface area (Å²) in [5.41, 5.74) is 0. The standard InChI is InChI=1S/C13H21N3O/c1-3-16(11-7-9-14-10-11)13-12(17-4-2)6-5-8-15-13/h5-6,8,11,14H,3-4,7,9-10H2,1-2H3. The monoisotopic (exact) mass is 235 g/mol. The van der Waals surface area contributed by atoms with Crippen molar-refractivity contribution in [1.82, 2.24) is 10.3 Å². The Labute approximate surface area is 103 Å². The molecular formula is C13H21N3O. The summed E-state index contributed by atoms with van der Waals surface area (Å²) in [5, 5.41) is 3.40. The van der Waals surface area contributed by atoms with E-state index < -0.39 is 0 Å². The number of pyridine rings is 1. The van der Waals surface area contributed by atoms with Crippen LogP contribution in [0.2, 0.25) is 0 Å². The average molecular weight is 235 g/mol. The summed E-state index contributed by atoms with van der Waals surface area (Å²) in [6.45, 7) is 7.95. The smallest absolute Gasteiger partial charge is 0.171 e. The van der Waals surface area contributed by atoms with Crippen molar-refractivity contribution in [2.45, 2.75) is 26.3 Å². The average Bonchev–Trinajstić information content (AvgIpc) is 2.86. The second kappa shape index (κ2) is 5.87. The van der Waals surface area contributed by atoms with E-state index in [1.54, 1.807) is 0 Å². The molecule has 0 radical (unpaired) electrons. The summed E-state index contributed by atoms with van der Waals surface area (Å²) >= 11 is 0. The maximum atomic E-state index is 5.65. The van der Waals surface area contributed by atoms with Gasteiger partial charge in [-0.3, -0.25) is 0 Å². The van der Waals surface area contributed by atoms with Crippen molar-refractivity contribution >= 4 is 5.82 Å². The highest BCUT2D eigenvalue weighted by atomic mass is 16.5. The van der Waals surface area contributed by atoms with E-state index in [2.05, 4.69) is 22.1 Å². The van der Waals surface area contributed by atoms with Gasteiger partial charge in [0.1, 0.15) is 0 Å². The number of aromatic nitrogens is 1. The Hall–Kier alpha value is -1.29. The van der Waals surface area contributed by atoms with Gasteiger partial charge in [0.25, 0.3) is 0 Å². The second-order valence-electron chi connectivity index (χ2n) is 4.19. The predicted molar refractivity (Wildman–Crippen MR) is 69.7 cm³/mol. The Bertz CT molecular complexity index is 350. The number of nitrogens with one attached hydrogen (secondary N) is 1. The zero-order valence-corrected chi connectivity index (χ0v) is 10.6. The third kappa shape index (κ3) is 2.69. The maximum Gasteiger partial charge on any atom is 0.171 e. The third-order valence-corrected chi connectivity index (χ3v) is 3.14. The molecule has 1 saturated heterocycles. The van der Waals surface area contributed by atoms with Crippen LogP contribution in [0.5, 0.6) is 5.75 Å². The van der Waals surface area contributed by atoms with Crippen LogP contribution in [0.4, 0.5) is 5.82 Å². The van der Waals surface area contributed by atoms with Crippen molar-refractivity contribution in [3.05, 3.63) is 18.3 Å². The molecule has 1 aliphatic rings. The molecule has 2 heterocycles. The van der Waals surface area contributed by atoms with Gasteiger partial charge in [-0.1, -0.05) is 0 Å². The third-order valence-electron chi connectivity index (χ3n) is 3.14. The summed E-state index contributed by atoms with van der Waals surface area (Å²) in [6.07, 6.45) is 3.01. The van der Waals surface area contributed by atoms with Crippen LogP contribution in [-0.4, -0.2) is 37.3 Å². The molecule has 4 heteroatoms. The van der Waals surface area contributed by atoms with Gasteiger partial charge in [0.15, 0.2) is 11.6 Å². The second-order valence-corrected chi connectivity index (χ2v) is 4.19. The number of ether oxygens (including phenoxy) is 1. The van der Waals surface area contributed by atoms with E-state index in [-0.39, 0.29) is 0 Å². The lowest BCUT2D eigenvalue weighted by Gasteiger charge is -2.29. The SMILES string of the molecule is CCOc1cccnc1N(CC)C1CCNC1. The Kier molecular flexibility index (Phi) is 4.20. The van der Waals surface area contributed by atoms with E-state index in [1.807, 2.05) is 25.3 Å². The zero-order chi connectivity index (χ0) is 12.1. The van der Waals surface area contributed by atoms with E-state index in [4.69, 9.17) is 4.74 Å². The molecular weight excluding hydrogens is 214 g/mol. The topological polar surface area (TPSA) is 37.4 Å². The molecule has 1 fully saturated rings. The minimum absolute atomic E-state index is 0.536. The Morgan fingerprint density at radius 1 is 1.53 bits per heavy atom. The highest BCUT2D eigenvalue weighted by Crippen LogP contribution is 2.28. The van der Waals surface area contributed by atoms with Crippen LogP contribution in [0.3, 0.4) is 0 Å². The Morgan fingerprint density at radius 3 is 3.06 bits per heavy atom. The molecule has 4 nitrogen and oxygen atoms in total. The van der Waals surface area contributed by atoms with Gasteiger partial charge in [0, 0.05) is 25.3 Å². The van der Waals surface area contributed by atoms with Crippen molar-refractivity contribution in [3.8, 4) is 5.75 Å². The fourth-order valence-corrected chi connectivity index (χ4v) is 2.35. The van der Waals surface area contributed by atoms with E-state index in [0.717, 1.165) is 31.2 Å². The number of anilines is 1. The van der Waals surface area contributed by atoms with Crippen molar-refractivity contribution < 1.29 is 4.74 Å². The van der Waals surface area contributed by atoms with Crippen molar-refractivity contribution in [2.75, 3.05) is 31.1 Å². The van der Waals surface area contributed by atoms with Gasteiger partial charge in [0.05, 0.1) is 6.61 Å². The largest absolute Gasteiger partial charge is 0.490 e. The highest BCUT2D eigenvalue weighted by Gasteiger charge is 2.24. The van der Waals surface area contributed by atoms with Crippen LogP contribution in [-0.2, 0) is 0 Å². The number of nitrogens with zero attached hydrogens (tertiary/aromatic N) is 2. The summed E-state index contributed by atoms with van der Waals surface area (Å²) < 4.78 is 5.65. The normalized spacial score (nSPS) is 19.3. The van der Waals surface area contributed by atoms with E-state index in [0.29, 0.717) is 12.6 Å². The molecule has 2 rings (SSSR count). The lowest BCUT2D eigenvalue weighted by Crippen LogP contribution is -2.37. The molecule has 1 aliphatic heterocycles. The first-order valence-corrected chi connectivity index (χ1v) is 6.42. The lowest BCUT2D eigenvalue weighted by atomic mass is 10.2. The van der Waals surface area contributed by atoms with Gasteiger partial charge >= 0.3 is 0 Å². The molecule has 94 valence electrons. The Balaban J connectivity index is 2.22. The quantitative estimate of drug-likeness (QED) is 0.842. The molecule has 0 amide bonds. The van der Waals surface area contributed by atoms with Crippen molar-refractivity contribution in [2.24, 2.45) is 0 Å². The molecule has 17 heavy (non-hydrogen) atoms. The van der Waals surface area contributed by atoms with E-state index in [9.17, 15) is 0 Å². The first-order valence-electron chi connectivity index (χ1n) is 6.42. The fourth-order valence-electron chi connectivity index (χ4n) is 2.35. The van der Waals surface area contributed by atoms with Gasteiger partial charge in [-0.05, 0) is 38.9 Å². The molecule has 1 N–H and O–H groups in total.